The minimum Gasteiger partial charge on any atom is -0.545 e. The lowest BCUT2D eigenvalue weighted by molar-refractivity contribution is -0.254. The molecule has 3 rings (SSSR count). The first-order valence-corrected chi connectivity index (χ1v) is 10.1. The van der Waals surface area contributed by atoms with E-state index in [0.29, 0.717) is 0 Å². The van der Waals surface area contributed by atoms with Crippen molar-refractivity contribution in [2.45, 2.75) is 4.90 Å². The molecule has 0 unspecified atom stereocenters. The molecule has 28 heavy (non-hydrogen) atoms. The summed E-state index contributed by atoms with van der Waals surface area (Å²) >= 11 is 6.08. The van der Waals surface area contributed by atoms with E-state index in [0.717, 1.165) is 0 Å². The van der Waals surface area contributed by atoms with Gasteiger partial charge in [-0.15, -0.1) is 0 Å². The van der Waals surface area contributed by atoms with Gasteiger partial charge in [-0.05, 0) is 24.3 Å². The molecule has 0 atom stereocenters. The van der Waals surface area contributed by atoms with E-state index in [9.17, 15) is 23.1 Å². The Bertz CT molecular complexity index is 1020. The zero-order chi connectivity index (χ0) is 20.3. The van der Waals surface area contributed by atoms with Crippen LogP contribution >= 0.6 is 11.6 Å². The average Bonchev–Trinajstić information content (AvgIpc) is 2.69. The quantitative estimate of drug-likeness (QED) is 0.766. The van der Waals surface area contributed by atoms with Crippen molar-refractivity contribution < 1.29 is 27.9 Å². The van der Waals surface area contributed by atoms with Crippen LogP contribution in [0.2, 0.25) is 5.02 Å². The number of hydrogen-bond acceptors (Lipinski definition) is 6. The molecule has 0 radical (unpaired) electrons. The Kier molecular flexibility index (Phi) is 5.99. The number of ether oxygens (including phenoxy) is 1. The Morgan fingerprint density at radius 2 is 1.79 bits per heavy atom. The predicted octanol–water partition coefficient (Wildman–Crippen LogP) is 0.977. The van der Waals surface area contributed by atoms with Gasteiger partial charge in [0.1, 0.15) is 4.90 Å². The van der Waals surface area contributed by atoms with Crippen LogP contribution in [0.25, 0.3) is 0 Å². The lowest BCUT2D eigenvalue weighted by Crippen LogP contribution is -2.40. The number of amides is 1. The predicted molar refractivity (Wildman–Crippen MR) is 99.8 cm³/mol. The van der Waals surface area contributed by atoms with Crippen LogP contribution in [0.3, 0.4) is 0 Å². The maximum atomic E-state index is 12.9. The summed E-state index contributed by atoms with van der Waals surface area (Å²) < 4.78 is 32.1. The van der Waals surface area contributed by atoms with Crippen molar-refractivity contribution in [3.63, 3.8) is 0 Å². The lowest BCUT2D eigenvalue weighted by atomic mass is 10.1. The van der Waals surface area contributed by atoms with Crippen molar-refractivity contribution in [1.82, 2.24) is 4.31 Å². The molecule has 1 heterocycles. The normalized spacial score (nSPS) is 15.2. The van der Waals surface area contributed by atoms with Crippen molar-refractivity contribution in [2.75, 3.05) is 31.6 Å². The molecule has 1 saturated heterocycles. The molecule has 0 spiro atoms. The number of carbonyl (C=O) groups excluding carboxylic acids is 2. The van der Waals surface area contributed by atoms with Crippen LogP contribution in [0.4, 0.5) is 5.69 Å². The smallest absolute Gasteiger partial charge is 0.255 e. The highest BCUT2D eigenvalue weighted by molar-refractivity contribution is 7.89. The number of anilines is 1. The van der Waals surface area contributed by atoms with E-state index in [4.69, 9.17) is 16.3 Å². The highest BCUT2D eigenvalue weighted by Gasteiger charge is 2.29. The second-order valence-electron chi connectivity index (χ2n) is 5.95. The van der Waals surface area contributed by atoms with Gasteiger partial charge in [0.2, 0.25) is 10.0 Å². The molecule has 1 aliphatic rings. The van der Waals surface area contributed by atoms with Gasteiger partial charge in [-0.2, -0.15) is 4.31 Å². The summed E-state index contributed by atoms with van der Waals surface area (Å²) in [5, 5.41) is 13.6. The summed E-state index contributed by atoms with van der Waals surface area (Å²) in [6, 6.07) is 9.59. The molecule has 0 bridgehead atoms. The number of nitrogens with zero attached hydrogens (tertiary/aromatic N) is 1. The van der Waals surface area contributed by atoms with Crippen LogP contribution in [0.1, 0.15) is 20.7 Å². The summed E-state index contributed by atoms with van der Waals surface area (Å²) in [6.45, 7) is 0.927. The molecule has 10 heteroatoms. The van der Waals surface area contributed by atoms with Crippen LogP contribution in [-0.4, -0.2) is 50.9 Å². The highest BCUT2D eigenvalue weighted by atomic mass is 35.5. The van der Waals surface area contributed by atoms with Gasteiger partial charge in [0.15, 0.2) is 0 Å². The van der Waals surface area contributed by atoms with Gasteiger partial charge < -0.3 is 20.0 Å². The summed E-state index contributed by atoms with van der Waals surface area (Å²) in [5.41, 5.74) is -0.129. The second-order valence-corrected chi connectivity index (χ2v) is 8.26. The number of nitrogens with one attached hydrogen (secondary N) is 1. The number of para-hydroxylation sites is 1. The molecule has 0 saturated carbocycles. The zero-order valence-corrected chi connectivity index (χ0v) is 16.1. The number of carboxylic acids is 1. The number of hydrogen-bond donors (Lipinski definition) is 1. The number of rotatable bonds is 5. The number of morpholine rings is 1. The summed E-state index contributed by atoms with van der Waals surface area (Å²) in [5.74, 6) is -2.12. The summed E-state index contributed by atoms with van der Waals surface area (Å²) in [6.07, 6.45) is 0. The fourth-order valence-corrected chi connectivity index (χ4v) is 4.64. The van der Waals surface area contributed by atoms with Crippen LogP contribution in [-0.2, 0) is 14.8 Å². The molecular formula is C18H16ClN2O6S-. The number of halogens is 1. The first-order valence-electron chi connectivity index (χ1n) is 8.30. The van der Waals surface area contributed by atoms with Gasteiger partial charge in [-0.3, -0.25) is 4.79 Å². The molecule has 1 N–H and O–H groups in total. The van der Waals surface area contributed by atoms with Gasteiger partial charge in [-0.1, -0.05) is 29.8 Å². The first-order chi connectivity index (χ1) is 13.3. The minimum absolute atomic E-state index is 0.0156. The molecule has 2 aromatic carbocycles. The lowest BCUT2D eigenvalue weighted by Gasteiger charge is -2.26. The third-order valence-corrected chi connectivity index (χ3v) is 6.56. The Labute approximate surface area is 166 Å². The van der Waals surface area contributed by atoms with E-state index in [2.05, 4.69) is 5.32 Å². The van der Waals surface area contributed by atoms with E-state index in [-0.39, 0.29) is 53.0 Å². The molecule has 148 valence electrons. The Morgan fingerprint density at radius 3 is 2.46 bits per heavy atom. The number of aromatic carboxylic acids is 1. The molecule has 0 aliphatic carbocycles. The summed E-state index contributed by atoms with van der Waals surface area (Å²) in [4.78, 5) is 23.5. The van der Waals surface area contributed by atoms with Gasteiger partial charge in [-0.25, -0.2) is 8.42 Å². The van der Waals surface area contributed by atoms with Gasteiger partial charge >= 0.3 is 0 Å². The van der Waals surface area contributed by atoms with E-state index >= 15 is 0 Å². The van der Waals surface area contributed by atoms with Crippen molar-refractivity contribution >= 4 is 39.2 Å². The maximum absolute atomic E-state index is 12.9. The van der Waals surface area contributed by atoms with Gasteiger partial charge in [0.25, 0.3) is 5.91 Å². The molecule has 8 nitrogen and oxygen atoms in total. The van der Waals surface area contributed by atoms with Crippen molar-refractivity contribution in [3.05, 3.63) is 58.6 Å². The van der Waals surface area contributed by atoms with Crippen molar-refractivity contribution in [3.8, 4) is 0 Å². The van der Waals surface area contributed by atoms with E-state index in [1.807, 2.05) is 0 Å². The molecule has 1 amide bonds. The number of carboxylic acid groups (broad SMARTS) is 1. The fraction of sp³-hybridized carbons (Fsp3) is 0.222. The SMILES string of the molecule is O=C(Nc1ccccc1C(=O)[O-])c1ccc(Cl)c(S(=O)(=O)N2CCOCC2)c1. The van der Waals surface area contributed by atoms with E-state index < -0.39 is 21.9 Å². The minimum atomic E-state index is -3.91. The number of sulfonamides is 1. The van der Waals surface area contributed by atoms with Crippen LogP contribution in [0, 0.1) is 0 Å². The van der Waals surface area contributed by atoms with Crippen LogP contribution in [0.5, 0.6) is 0 Å². The Morgan fingerprint density at radius 1 is 1.11 bits per heavy atom. The third kappa shape index (κ3) is 4.17. The second kappa shape index (κ2) is 8.27. The Hall–Kier alpha value is -2.46. The van der Waals surface area contributed by atoms with Gasteiger partial charge in [0.05, 0.1) is 29.9 Å². The average molecular weight is 424 g/mol. The molecule has 2 aromatic rings. The molecule has 1 aliphatic heterocycles. The summed E-state index contributed by atoms with van der Waals surface area (Å²) in [7, 11) is -3.91. The largest absolute Gasteiger partial charge is 0.545 e. The topological polar surface area (TPSA) is 116 Å². The van der Waals surface area contributed by atoms with Crippen LogP contribution < -0.4 is 10.4 Å². The molecular weight excluding hydrogens is 408 g/mol. The fourth-order valence-electron chi connectivity index (χ4n) is 2.73. The number of benzene rings is 2. The van der Waals surface area contributed by atoms with Gasteiger partial charge in [0, 0.05) is 24.2 Å². The first kappa shape index (κ1) is 20.3. The van der Waals surface area contributed by atoms with Crippen LogP contribution in [0.15, 0.2) is 47.4 Å². The van der Waals surface area contributed by atoms with E-state index in [1.54, 1.807) is 6.07 Å². The maximum Gasteiger partial charge on any atom is 0.255 e. The Balaban J connectivity index is 1.91. The zero-order valence-electron chi connectivity index (χ0n) is 14.6. The number of carbonyl (C=O) groups is 2. The van der Waals surface area contributed by atoms with Crippen molar-refractivity contribution in [2.24, 2.45) is 0 Å². The van der Waals surface area contributed by atoms with E-state index in [1.165, 1.54) is 40.7 Å². The third-order valence-electron chi connectivity index (χ3n) is 4.18. The highest BCUT2D eigenvalue weighted by Crippen LogP contribution is 2.27. The van der Waals surface area contributed by atoms with Crippen molar-refractivity contribution in [1.29, 1.82) is 0 Å². The molecule has 1 fully saturated rings. The standard InChI is InChI=1S/C18H17ClN2O6S/c19-14-6-5-12(11-16(14)28(25,26)21-7-9-27-10-8-21)17(22)20-15-4-2-1-3-13(15)18(23)24/h1-6,11H,7-10H2,(H,20,22)(H,23,24)/p-1. The monoisotopic (exact) mass is 423 g/mol. The molecule has 0 aromatic heterocycles.